The monoisotopic (exact) mass is 626 g/mol. The van der Waals surface area contributed by atoms with Crippen LogP contribution < -0.4 is 5.32 Å². The molecule has 236 valence electrons. The molecule has 6 nitrogen and oxygen atoms in total. The molecule has 0 bridgehead atoms. The molecule has 4 aromatic rings. The molecular weight excluding hydrogens is 595 g/mol. The van der Waals surface area contributed by atoms with Gasteiger partial charge in [-0.05, 0) is 35.9 Å². The highest BCUT2D eigenvalue weighted by Gasteiger charge is 2.39. The smallest absolute Gasteiger partial charge is 0.261 e. The molecule has 0 aromatic heterocycles. The van der Waals surface area contributed by atoms with Crippen LogP contribution in [0.15, 0.2) is 78.9 Å². The molecule has 0 saturated carbocycles. The summed E-state index contributed by atoms with van der Waals surface area (Å²) in [6.45, 7) is 3.23. The number of carbonyl (C=O) groups is 1. The lowest BCUT2D eigenvalue weighted by Crippen LogP contribution is -2.43. The van der Waals surface area contributed by atoms with E-state index in [4.69, 9.17) is 9.47 Å². The van der Waals surface area contributed by atoms with Crippen molar-refractivity contribution in [2.75, 3.05) is 18.9 Å². The number of hydrogen-bond donors (Lipinski definition) is 2. The highest BCUT2D eigenvalue weighted by Crippen LogP contribution is 2.42. The van der Waals surface area contributed by atoms with Crippen molar-refractivity contribution in [2.24, 2.45) is 5.92 Å². The van der Waals surface area contributed by atoms with Crippen LogP contribution in [0.1, 0.15) is 51.9 Å². The first-order valence-corrected chi connectivity index (χ1v) is 14.2. The Morgan fingerprint density at radius 2 is 1.36 bits per heavy atom. The molecule has 4 atom stereocenters. The van der Waals surface area contributed by atoms with E-state index >= 15 is 0 Å². The Kier molecular flexibility index (Phi) is 9.93. The SMILES string of the molecule is CC1C(CN(C)Cc2ccccc2)OC(c2ccc(NC(=O)c3c(F)c(F)c(F)c(F)c3F)cc2)OC1c1ccc(CO)cc1. The number of amides is 1. The summed E-state index contributed by atoms with van der Waals surface area (Å²) in [7, 11) is 2.00. The van der Waals surface area contributed by atoms with Gasteiger partial charge in [-0.25, -0.2) is 22.0 Å². The zero-order chi connectivity index (χ0) is 32.2. The number of hydrogen-bond acceptors (Lipinski definition) is 5. The number of halogens is 5. The van der Waals surface area contributed by atoms with Gasteiger partial charge in [0, 0.05) is 30.3 Å². The van der Waals surface area contributed by atoms with Gasteiger partial charge in [0.05, 0.1) is 18.8 Å². The number of nitrogens with one attached hydrogen (secondary N) is 1. The molecule has 0 radical (unpaired) electrons. The third-order valence-electron chi connectivity index (χ3n) is 7.79. The van der Waals surface area contributed by atoms with Crippen molar-refractivity contribution in [3.63, 3.8) is 0 Å². The lowest BCUT2D eigenvalue weighted by atomic mass is 9.90. The quantitative estimate of drug-likeness (QED) is 0.118. The molecule has 0 spiro atoms. The molecule has 0 aliphatic carbocycles. The van der Waals surface area contributed by atoms with Crippen LogP contribution in [0.2, 0.25) is 0 Å². The number of anilines is 1. The topological polar surface area (TPSA) is 71.0 Å². The number of carbonyl (C=O) groups excluding carboxylic acids is 1. The van der Waals surface area contributed by atoms with E-state index in [1.54, 1.807) is 12.1 Å². The maximum atomic E-state index is 14.1. The fourth-order valence-electron chi connectivity index (χ4n) is 5.32. The van der Waals surface area contributed by atoms with Crippen molar-refractivity contribution in [2.45, 2.75) is 38.6 Å². The minimum atomic E-state index is -2.35. The van der Waals surface area contributed by atoms with E-state index in [1.165, 1.54) is 12.1 Å². The molecule has 1 saturated heterocycles. The number of nitrogens with zero attached hydrogens (tertiary/aromatic N) is 1. The van der Waals surface area contributed by atoms with Crippen molar-refractivity contribution >= 4 is 11.6 Å². The Morgan fingerprint density at radius 1 is 0.778 bits per heavy atom. The lowest BCUT2D eigenvalue weighted by Gasteiger charge is -2.42. The van der Waals surface area contributed by atoms with Gasteiger partial charge in [-0.2, -0.15) is 0 Å². The predicted octanol–water partition coefficient (Wildman–Crippen LogP) is 7.05. The third kappa shape index (κ3) is 7.07. The molecular formula is C34H31F5N2O4. The normalized spacial score (nSPS) is 19.9. The number of benzene rings is 4. The molecule has 1 amide bonds. The predicted molar refractivity (Wildman–Crippen MR) is 156 cm³/mol. The van der Waals surface area contributed by atoms with Crippen molar-refractivity contribution < 1.29 is 41.3 Å². The maximum Gasteiger partial charge on any atom is 0.261 e. The van der Waals surface area contributed by atoms with Gasteiger partial charge in [0.1, 0.15) is 5.56 Å². The van der Waals surface area contributed by atoms with E-state index in [0.29, 0.717) is 18.7 Å². The second-order valence-corrected chi connectivity index (χ2v) is 11.0. The van der Waals surface area contributed by atoms with Crippen LogP contribution in [0.5, 0.6) is 0 Å². The van der Waals surface area contributed by atoms with Gasteiger partial charge in [0.15, 0.2) is 29.6 Å². The second kappa shape index (κ2) is 13.9. The minimum Gasteiger partial charge on any atom is -0.392 e. The summed E-state index contributed by atoms with van der Waals surface area (Å²) >= 11 is 0. The Bertz CT molecular complexity index is 1610. The first kappa shape index (κ1) is 32.2. The summed E-state index contributed by atoms with van der Waals surface area (Å²) in [6, 6.07) is 23.4. The molecule has 1 aliphatic rings. The standard InChI is InChI=1S/C34H31F5N2O4/c1-19-25(17-41(2)16-20-6-4-3-5-7-20)44-34(45-32(19)22-10-8-21(18-42)9-11-22)23-12-14-24(15-13-23)40-33(43)26-27(35)29(37)31(39)30(38)28(26)36/h3-15,19,25,32,34,42H,16-18H2,1-2H3,(H,40,43). The number of likely N-dealkylation sites (N-methyl/N-ethyl adjacent to an activating group) is 1. The number of aliphatic hydroxyl groups excluding tert-OH is 1. The van der Waals surface area contributed by atoms with E-state index in [0.717, 1.165) is 16.7 Å². The van der Waals surface area contributed by atoms with Crippen molar-refractivity contribution in [1.29, 1.82) is 0 Å². The summed E-state index contributed by atoms with van der Waals surface area (Å²) < 4.78 is 81.8. The van der Waals surface area contributed by atoms with Crippen LogP contribution in [0.4, 0.5) is 27.6 Å². The van der Waals surface area contributed by atoms with E-state index in [-0.39, 0.29) is 30.4 Å². The van der Waals surface area contributed by atoms with Crippen molar-refractivity contribution in [1.82, 2.24) is 4.90 Å². The number of rotatable bonds is 9. The summed E-state index contributed by atoms with van der Waals surface area (Å²) in [5.41, 5.74) is 1.85. The van der Waals surface area contributed by atoms with Gasteiger partial charge in [0.25, 0.3) is 5.91 Å². The molecule has 4 unspecified atom stereocenters. The number of aliphatic hydroxyl groups is 1. The molecule has 1 heterocycles. The average Bonchev–Trinajstić information content (AvgIpc) is 3.05. The molecule has 5 rings (SSSR count). The van der Waals surface area contributed by atoms with Gasteiger partial charge >= 0.3 is 0 Å². The Morgan fingerprint density at radius 3 is 1.96 bits per heavy atom. The maximum absolute atomic E-state index is 14.1. The van der Waals surface area contributed by atoms with Crippen molar-refractivity contribution in [3.8, 4) is 0 Å². The highest BCUT2D eigenvalue weighted by atomic mass is 19.2. The van der Waals surface area contributed by atoms with Crippen molar-refractivity contribution in [3.05, 3.63) is 136 Å². The summed E-state index contributed by atoms with van der Waals surface area (Å²) in [4.78, 5) is 14.7. The fraction of sp³-hybridized carbons (Fsp3) is 0.265. The summed E-state index contributed by atoms with van der Waals surface area (Å²) in [5.74, 6) is -12.8. The van der Waals surface area contributed by atoms with Crippen LogP contribution in [0.3, 0.4) is 0 Å². The molecule has 1 aliphatic heterocycles. The van der Waals surface area contributed by atoms with Gasteiger partial charge in [-0.1, -0.05) is 73.7 Å². The third-order valence-corrected chi connectivity index (χ3v) is 7.79. The summed E-state index contributed by atoms with van der Waals surface area (Å²) in [5, 5.41) is 11.7. The van der Waals surface area contributed by atoms with Gasteiger partial charge in [-0.3, -0.25) is 9.69 Å². The van der Waals surface area contributed by atoms with E-state index < -0.39 is 46.8 Å². The second-order valence-electron chi connectivity index (χ2n) is 11.0. The van der Waals surface area contributed by atoms with Gasteiger partial charge in [-0.15, -0.1) is 0 Å². The Balaban J connectivity index is 1.36. The molecule has 2 N–H and O–H groups in total. The van der Waals surface area contributed by atoms with Crippen LogP contribution >= 0.6 is 0 Å². The van der Waals surface area contributed by atoms with Gasteiger partial charge < -0.3 is 19.9 Å². The Labute approximate surface area is 257 Å². The van der Waals surface area contributed by atoms with Gasteiger partial charge in [0.2, 0.25) is 5.82 Å². The zero-order valence-corrected chi connectivity index (χ0v) is 24.4. The average molecular weight is 627 g/mol. The first-order valence-electron chi connectivity index (χ1n) is 14.2. The molecule has 11 heteroatoms. The highest BCUT2D eigenvalue weighted by molar-refractivity contribution is 6.04. The van der Waals surface area contributed by atoms with Crippen LogP contribution in [-0.4, -0.2) is 35.6 Å². The van der Waals surface area contributed by atoms with E-state index in [9.17, 15) is 31.9 Å². The van der Waals surface area contributed by atoms with Crippen LogP contribution in [0, 0.1) is 35.0 Å². The van der Waals surface area contributed by atoms with E-state index in [2.05, 4.69) is 10.2 Å². The number of ether oxygens (including phenoxy) is 2. The largest absolute Gasteiger partial charge is 0.392 e. The van der Waals surface area contributed by atoms with E-state index in [1.807, 2.05) is 68.6 Å². The lowest BCUT2D eigenvalue weighted by molar-refractivity contribution is -0.276. The summed E-state index contributed by atoms with van der Waals surface area (Å²) in [6.07, 6.45) is -1.48. The van der Waals surface area contributed by atoms with Crippen LogP contribution in [-0.2, 0) is 22.6 Å². The molecule has 45 heavy (non-hydrogen) atoms. The fourth-order valence-corrected chi connectivity index (χ4v) is 5.32. The van der Waals surface area contributed by atoms with Crippen LogP contribution in [0.25, 0.3) is 0 Å². The zero-order valence-electron chi connectivity index (χ0n) is 24.4. The molecule has 1 fully saturated rings. The minimum absolute atomic E-state index is 0.0483. The Hall–Kier alpha value is -4.16. The molecule has 4 aromatic carbocycles. The first-order chi connectivity index (χ1) is 21.6.